The largest absolute Gasteiger partial charge is 0.382 e. The lowest BCUT2D eigenvalue weighted by atomic mass is 10.2. The summed E-state index contributed by atoms with van der Waals surface area (Å²) >= 11 is 0. The zero-order valence-corrected chi connectivity index (χ0v) is 11.0. The van der Waals surface area contributed by atoms with Crippen LogP contribution in [0, 0.1) is 0 Å². The van der Waals surface area contributed by atoms with Gasteiger partial charge in [-0.05, 0) is 6.42 Å². The lowest BCUT2D eigenvalue weighted by Gasteiger charge is -2.23. The Bertz CT molecular complexity index is 354. The van der Waals surface area contributed by atoms with E-state index in [9.17, 15) is 13.2 Å². The van der Waals surface area contributed by atoms with Crippen molar-refractivity contribution in [1.29, 1.82) is 0 Å². The molecule has 1 heterocycles. The summed E-state index contributed by atoms with van der Waals surface area (Å²) in [6.45, 7) is 0.768. The van der Waals surface area contributed by atoms with E-state index in [2.05, 4.69) is 0 Å². The summed E-state index contributed by atoms with van der Waals surface area (Å²) in [7, 11) is 0.217. The van der Waals surface area contributed by atoms with Crippen LogP contribution in [0.15, 0.2) is 0 Å². The number of ether oxygens (including phenoxy) is 2. The molecule has 1 amide bonds. The second-order valence-electron chi connectivity index (χ2n) is 4.11. The third-order valence-corrected chi connectivity index (χ3v) is 4.56. The number of nitrogens with zero attached hydrogens (tertiary/aromatic N) is 1. The van der Waals surface area contributed by atoms with E-state index in [1.807, 2.05) is 0 Å². The number of likely N-dealkylation sites (N-methyl/N-ethyl adjacent to an activating group) is 1. The highest BCUT2D eigenvalue weighted by atomic mass is 32.2. The number of amides is 1. The fraction of sp³-hybridized carbons (Fsp3) is 0.900. The summed E-state index contributed by atoms with van der Waals surface area (Å²) in [5, 5.41) is 0. The number of rotatable bonds is 6. The molecule has 0 N–H and O–H groups in total. The molecule has 1 saturated heterocycles. The van der Waals surface area contributed by atoms with Crippen molar-refractivity contribution in [2.24, 2.45) is 0 Å². The van der Waals surface area contributed by atoms with E-state index < -0.39 is 9.84 Å². The minimum atomic E-state index is -2.96. The first-order chi connectivity index (χ1) is 7.96. The summed E-state index contributed by atoms with van der Waals surface area (Å²) in [6.07, 6.45) is 0.517. The van der Waals surface area contributed by atoms with Crippen LogP contribution in [0.1, 0.15) is 6.42 Å². The molecule has 17 heavy (non-hydrogen) atoms. The fourth-order valence-electron chi connectivity index (χ4n) is 1.69. The van der Waals surface area contributed by atoms with Crippen molar-refractivity contribution in [3.8, 4) is 0 Å². The monoisotopic (exact) mass is 265 g/mol. The maximum Gasteiger partial charge on any atom is 0.248 e. The third-order valence-electron chi connectivity index (χ3n) is 2.81. The van der Waals surface area contributed by atoms with Crippen LogP contribution in [0.5, 0.6) is 0 Å². The van der Waals surface area contributed by atoms with Crippen LogP contribution in [-0.2, 0) is 24.1 Å². The molecule has 1 atom stereocenters. The smallest absolute Gasteiger partial charge is 0.248 e. The zero-order valence-electron chi connectivity index (χ0n) is 10.2. The molecule has 1 aliphatic rings. The summed E-state index contributed by atoms with van der Waals surface area (Å²) in [4.78, 5) is 13.1. The van der Waals surface area contributed by atoms with Crippen molar-refractivity contribution < 1.29 is 22.7 Å². The van der Waals surface area contributed by atoms with E-state index in [1.54, 1.807) is 14.2 Å². The maximum atomic E-state index is 11.7. The maximum absolute atomic E-state index is 11.7. The van der Waals surface area contributed by atoms with E-state index >= 15 is 0 Å². The number of carbonyl (C=O) groups is 1. The molecule has 1 fully saturated rings. The highest BCUT2D eigenvalue weighted by Gasteiger charge is 2.32. The number of sulfone groups is 1. The molecule has 0 spiro atoms. The predicted molar refractivity (Wildman–Crippen MR) is 62.5 cm³/mol. The van der Waals surface area contributed by atoms with Gasteiger partial charge in [0.1, 0.15) is 6.61 Å². The minimum absolute atomic E-state index is 0.0313. The van der Waals surface area contributed by atoms with Crippen LogP contribution in [0.4, 0.5) is 0 Å². The predicted octanol–water partition coefficient (Wildman–Crippen LogP) is -0.705. The standard InChI is InChI=1S/C10H19NO5S/c1-11(9-3-6-17(13,14)8-9)10(12)7-16-5-4-15-2/h9H,3-8H2,1-2H3. The van der Waals surface area contributed by atoms with Crippen molar-refractivity contribution in [1.82, 2.24) is 4.90 Å². The van der Waals surface area contributed by atoms with E-state index in [1.165, 1.54) is 4.90 Å². The van der Waals surface area contributed by atoms with Crippen LogP contribution >= 0.6 is 0 Å². The molecule has 0 aromatic heterocycles. The van der Waals surface area contributed by atoms with Gasteiger partial charge in [0, 0.05) is 20.2 Å². The molecule has 0 bridgehead atoms. The summed E-state index contributed by atoms with van der Waals surface area (Å²) in [5.74, 6) is 0.0378. The van der Waals surface area contributed by atoms with Gasteiger partial charge in [-0.2, -0.15) is 0 Å². The molecule has 0 aromatic rings. The number of hydrogen-bond donors (Lipinski definition) is 0. The summed E-state index contributed by atoms with van der Waals surface area (Å²) in [6, 6.07) is -0.210. The molecule has 0 aliphatic carbocycles. The van der Waals surface area contributed by atoms with E-state index in [0.29, 0.717) is 19.6 Å². The lowest BCUT2D eigenvalue weighted by Crippen LogP contribution is -2.40. The number of methoxy groups -OCH3 is 1. The molecule has 100 valence electrons. The topological polar surface area (TPSA) is 72.9 Å². The molecular formula is C10H19NO5S. The Kier molecular flexibility index (Phi) is 5.35. The average molecular weight is 265 g/mol. The van der Waals surface area contributed by atoms with Crippen LogP contribution in [0.25, 0.3) is 0 Å². The minimum Gasteiger partial charge on any atom is -0.382 e. The molecule has 1 aliphatic heterocycles. The second kappa shape index (κ2) is 6.32. The van der Waals surface area contributed by atoms with Crippen molar-refractivity contribution >= 4 is 15.7 Å². The van der Waals surface area contributed by atoms with Crippen molar-refractivity contribution in [2.45, 2.75) is 12.5 Å². The van der Waals surface area contributed by atoms with E-state index in [4.69, 9.17) is 9.47 Å². The van der Waals surface area contributed by atoms with Crippen LogP contribution in [-0.4, -0.2) is 70.8 Å². The number of hydrogen-bond acceptors (Lipinski definition) is 5. The third kappa shape index (κ3) is 4.61. The van der Waals surface area contributed by atoms with Gasteiger partial charge in [-0.1, -0.05) is 0 Å². The van der Waals surface area contributed by atoms with Gasteiger partial charge in [0.25, 0.3) is 0 Å². The summed E-state index contributed by atoms with van der Waals surface area (Å²) in [5.41, 5.74) is 0. The van der Waals surface area contributed by atoms with Gasteiger partial charge in [0.05, 0.1) is 24.7 Å². The van der Waals surface area contributed by atoms with Gasteiger partial charge in [-0.15, -0.1) is 0 Å². The Labute approximate surface area is 102 Å². The Hall–Kier alpha value is -0.660. The Morgan fingerprint density at radius 1 is 1.41 bits per heavy atom. The Balaban J connectivity index is 2.32. The average Bonchev–Trinajstić information content (AvgIpc) is 2.64. The van der Waals surface area contributed by atoms with Crippen LogP contribution < -0.4 is 0 Å². The van der Waals surface area contributed by atoms with Gasteiger partial charge < -0.3 is 14.4 Å². The van der Waals surface area contributed by atoms with Gasteiger partial charge >= 0.3 is 0 Å². The van der Waals surface area contributed by atoms with Crippen molar-refractivity contribution in [2.75, 3.05) is 45.5 Å². The second-order valence-corrected chi connectivity index (χ2v) is 6.34. The van der Waals surface area contributed by atoms with Gasteiger partial charge in [0.15, 0.2) is 9.84 Å². The first-order valence-corrected chi connectivity index (χ1v) is 7.31. The quantitative estimate of drug-likeness (QED) is 0.594. The SMILES string of the molecule is COCCOCC(=O)N(C)C1CCS(=O)(=O)C1. The van der Waals surface area contributed by atoms with Gasteiger partial charge in [0.2, 0.25) is 5.91 Å². The molecule has 6 nitrogen and oxygen atoms in total. The lowest BCUT2D eigenvalue weighted by molar-refractivity contribution is -0.136. The van der Waals surface area contributed by atoms with Crippen molar-refractivity contribution in [3.05, 3.63) is 0 Å². The Morgan fingerprint density at radius 2 is 2.12 bits per heavy atom. The van der Waals surface area contributed by atoms with Gasteiger partial charge in [-0.3, -0.25) is 4.79 Å². The van der Waals surface area contributed by atoms with Gasteiger partial charge in [-0.25, -0.2) is 8.42 Å². The highest BCUT2D eigenvalue weighted by molar-refractivity contribution is 7.91. The normalized spacial score (nSPS) is 22.6. The Morgan fingerprint density at radius 3 is 2.65 bits per heavy atom. The van der Waals surface area contributed by atoms with E-state index in [0.717, 1.165) is 0 Å². The molecule has 0 radical (unpaired) electrons. The van der Waals surface area contributed by atoms with Crippen LogP contribution in [0.3, 0.4) is 0 Å². The molecule has 7 heteroatoms. The molecular weight excluding hydrogens is 246 g/mol. The first-order valence-electron chi connectivity index (χ1n) is 5.49. The van der Waals surface area contributed by atoms with E-state index in [-0.39, 0.29) is 30.1 Å². The molecule has 1 unspecified atom stereocenters. The zero-order chi connectivity index (χ0) is 12.9. The van der Waals surface area contributed by atoms with Crippen LogP contribution in [0.2, 0.25) is 0 Å². The fourth-order valence-corrected chi connectivity index (χ4v) is 3.46. The molecule has 1 rings (SSSR count). The first kappa shape index (κ1) is 14.4. The summed E-state index contributed by atoms with van der Waals surface area (Å²) < 4.78 is 32.4. The number of carbonyl (C=O) groups excluding carboxylic acids is 1. The highest BCUT2D eigenvalue weighted by Crippen LogP contribution is 2.16. The molecule has 0 saturated carbocycles. The van der Waals surface area contributed by atoms with Crippen molar-refractivity contribution in [3.63, 3.8) is 0 Å². The molecule has 0 aromatic carbocycles.